The highest BCUT2D eigenvalue weighted by Gasteiger charge is 2.27. The van der Waals surface area contributed by atoms with E-state index in [1.54, 1.807) is 29.0 Å². The highest BCUT2D eigenvalue weighted by Crippen LogP contribution is 2.32. The van der Waals surface area contributed by atoms with Crippen molar-refractivity contribution in [1.29, 1.82) is 5.26 Å². The number of thiazole rings is 1. The molecule has 0 spiro atoms. The zero-order chi connectivity index (χ0) is 26.1. The lowest BCUT2D eigenvalue weighted by atomic mass is 10.1. The molecule has 0 N–H and O–H groups in total. The van der Waals surface area contributed by atoms with Crippen molar-refractivity contribution in [3.8, 4) is 23.0 Å². The summed E-state index contributed by atoms with van der Waals surface area (Å²) in [5.74, 6) is 0. The minimum Gasteiger partial charge on any atom is -0.240 e. The van der Waals surface area contributed by atoms with Gasteiger partial charge in [0.25, 0.3) is 0 Å². The third kappa shape index (κ3) is 4.54. The summed E-state index contributed by atoms with van der Waals surface area (Å²) in [6.45, 7) is 1.08. The van der Waals surface area contributed by atoms with Gasteiger partial charge in [-0.3, -0.25) is 0 Å². The fraction of sp³-hybridized carbons (Fsp3) is 0.138. The number of hydrogen-bond acceptors (Lipinski definition) is 6. The van der Waals surface area contributed by atoms with Crippen LogP contribution in [0.3, 0.4) is 0 Å². The largest absolute Gasteiger partial charge is 0.243 e. The van der Waals surface area contributed by atoms with Crippen LogP contribution in [-0.4, -0.2) is 40.6 Å². The fourth-order valence-electron chi connectivity index (χ4n) is 4.60. The maximum absolute atomic E-state index is 13.3. The average molecular weight is 538 g/mol. The van der Waals surface area contributed by atoms with Crippen LogP contribution in [0.1, 0.15) is 23.4 Å². The number of hydrogen-bond donors (Lipinski definition) is 0. The van der Waals surface area contributed by atoms with Crippen molar-refractivity contribution in [1.82, 2.24) is 19.1 Å². The number of nitrogens with zero attached hydrogens (tertiary/aromatic N) is 5. The van der Waals surface area contributed by atoms with Gasteiger partial charge in [-0.2, -0.15) is 14.7 Å². The van der Waals surface area contributed by atoms with Crippen LogP contribution in [-0.2, 0) is 10.0 Å². The van der Waals surface area contributed by atoms with Gasteiger partial charge in [-0.25, -0.2) is 18.1 Å². The summed E-state index contributed by atoms with van der Waals surface area (Å²) >= 11 is 1.46. The molecule has 0 atom stereocenters. The van der Waals surface area contributed by atoms with E-state index in [0.717, 1.165) is 28.7 Å². The molecule has 3 aromatic carbocycles. The smallest absolute Gasteiger partial charge is 0.240 e. The normalized spacial score (nSPS) is 14.7. The van der Waals surface area contributed by atoms with E-state index in [-0.39, 0.29) is 4.90 Å². The molecule has 0 bridgehead atoms. The number of aromatic nitrogens is 3. The Morgan fingerprint density at radius 1 is 0.974 bits per heavy atom. The summed E-state index contributed by atoms with van der Waals surface area (Å²) in [6, 6.07) is 26.6. The van der Waals surface area contributed by atoms with Crippen molar-refractivity contribution in [2.75, 3.05) is 13.1 Å². The zero-order valence-electron chi connectivity index (χ0n) is 20.4. The predicted octanol–water partition coefficient (Wildman–Crippen LogP) is 6.00. The lowest BCUT2D eigenvalue weighted by molar-refractivity contribution is 0.477. The van der Waals surface area contributed by atoms with Gasteiger partial charge in [0.05, 0.1) is 26.4 Å². The molecule has 1 aliphatic rings. The van der Waals surface area contributed by atoms with E-state index >= 15 is 0 Å². The van der Waals surface area contributed by atoms with Crippen molar-refractivity contribution in [2.45, 2.75) is 17.7 Å². The number of benzene rings is 3. The molecule has 0 unspecified atom stereocenters. The molecule has 1 fully saturated rings. The molecule has 2 aromatic heterocycles. The number of para-hydroxylation sites is 2. The van der Waals surface area contributed by atoms with Crippen molar-refractivity contribution in [3.63, 3.8) is 0 Å². The molecule has 0 saturated carbocycles. The second-order valence-electron chi connectivity index (χ2n) is 9.01. The molecule has 188 valence electrons. The molecule has 0 amide bonds. The van der Waals surface area contributed by atoms with E-state index in [1.165, 1.54) is 15.6 Å². The molecule has 6 rings (SSSR count). The van der Waals surface area contributed by atoms with Gasteiger partial charge in [0.1, 0.15) is 16.8 Å². The Balaban J connectivity index is 1.48. The maximum Gasteiger partial charge on any atom is 0.243 e. The Hall–Kier alpha value is -4.10. The molecule has 38 heavy (non-hydrogen) atoms. The summed E-state index contributed by atoms with van der Waals surface area (Å²) < 4.78 is 30.8. The van der Waals surface area contributed by atoms with E-state index in [1.807, 2.05) is 66.9 Å². The first kappa shape index (κ1) is 24.2. The summed E-state index contributed by atoms with van der Waals surface area (Å²) in [5.41, 5.74) is 4.05. The molecular weight excluding hydrogens is 514 g/mol. The first-order valence-corrected chi connectivity index (χ1v) is 14.5. The highest BCUT2D eigenvalue weighted by molar-refractivity contribution is 7.89. The first-order valence-electron chi connectivity index (χ1n) is 12.3. The van der Waals surface area contributed by atoms with Crippen LogP contribution < -0.4 is 0 Å². The second kappa shape index (κ2) is 9.99. The Labute approximate surface area is 225 Å². The van der Waals surface area contributed by atoms with E-state index in [9.17, 15) is 13.7 Å². The average Bonchev–Trinajstić information content (AvgIpc) is 3.72. The van der Waals surface area contributed by atoms with Crippen LogP contribution in [0.15, 0.2) is 90.0 Å². The zero-order valence-corrected chi connectivity index (χ0v) is 22.0. The van der Waals surface area contributed by atoms with Crippen molar-refractivity contribution >= 4 is 43.2 Å². The van der Waals surface area contributed by atoms with Gasteiger partial charge < -0.3 is 0 Å². The third-order valence-corrected chi connectivity index (χ3v) is 9.48. The minimum absolute atomic E-state index is 0.243. The van der Waals surface area contributed by atoms with Crippen LogP contribution in [0, 0.1) is 11.3 Å². The van der Waals surface area contributed by atoms with Crippen molar-refractivity contribution < 1.29 is 8.42 Å². The molecule has 0 radical (unpaired) electrons. The third-order valence-electron chi connectivity index (χ3n) is 6.52. The number of allylic oxidation sites excluding steroid dienone is 1. The lowest BCUT2D eigenvalue weighted by Gasteiger charge is -2.15. The van der Waals surface area contributed by atoms with Gasteiger partial charge in [-0.15, -0.1) is 11.3 Å². The molecule has 5 aromatic rings. The standard InChI is InChI=1S/C29H23N5O2S2/c30-19-22(29-31-26-13-4-5-14-27(26)37-29)17-23-20-34(24-10-2-1-3-11-24)32-28(23)21-9-8-12-25(18-21)38(35,36)33-15-6-7-16-33/h1-5,8-14,17-18,20H,6-7,15-16H2/b22-17-. The van der Waals surface area contributed by atoms with E-state index in [0.29, 0.717) is 40.5 Å². The van der Waals surface area contributed by atoms with E-state index in [2.05, 4.69) is 11.1 Å². The summed E-state index contributed by atoms with van der Waals surface area (Å²) in [6.07, 6.45) is 5.38. The molecule has 9 heteroatoms. The molecule has 7 nitrogen and oxygen atoms in total. The molecule has 1 saturated heterocycles. The quantitative estimate of drug-likeness (QED) is 0.248. The maximum atomic E-state index is 13.3. The van der Waals surface area contributed by atoms with E-state index in [4.69, 9.17) is 5.10 Å². The SMILES string of the molecule is N#C/C(=C/c1cn(-c2ccccc2)nc1-c1cccc(S(=O)(=O)N2CCCC2)c1)c1nc2ccccc2s1. The van der Waals surface area contributed by atoms with Gasteiger partial charge in [0.15, 0.2) is 0 Å². The van der Waals surface area contributed by atoms with Crippen molar-refractivity contribution in [2.24, 2.45) is 0 Å². The Morgan fingerprint density at radius 3 is 2.50 bits per heavy atom. The highest BCUT2D eigenvalue weighted by atomic mass is 32.2. The minimum atomic E-state index is -3.59. The summed E-state index contributed by atoms with van der Waals surface area (Å²) in [4.78, 5) is 4.90. The Kier molecular flexibility index (Phi) is 6.37. The van der Waals surface area contributed by atoms with Gasteiger partial charge >= 0.3 is 0 Å². The summed E-state index contributed by atoms with van der Waals surface area (Å²) in [7, 11) is -3.59. The van der Waals surface area contributed by atoms with Gasteiger partial charge in [-0.1, -0.05) is 42.5 Å². The van der Waals surface area contributed by atoms with Crippen LogP contribution in [0.25, 0.3) is 38.8 Å². The molecule has 1 aliphatic heterocycles. The van der Waals surface area contributed by atoms with Gasteiger partial charge in [0, 0.05) is 30.4 Å². The first-order chi connectivity index (χ1) is 18.5. The predicted molar refractivity (Wildman–Crippen MR) is 150 cm³/mol. The molecular formula is C29H23N5O2S2. The van der Waals surface area contributed by atoms with Crippen LogP contribution in [0.5, 0.6) is 0 Å². The topological polar surface area (TPSA) is 91.9 Å². The van der Waals surface area contributed by atoms with Crippen LogP contribution >= 0.6 is 11.3 Å². The molecule has 0 aliphatic carbocycles. The summed E-state index contributed by atoms with van der Waals surface area (Å²) in [5, 5.41) is 15.5. The van der Waals surface area contributed by atoms with E-state index < -0.39 is 10.0 Å². The Bertz CT molecular complexity index is 1780. The number of fused-ring (bicyclic) bond motifs is 1. The number of sulfonamides is 1. The fourth-order valence-corrected chi connectivity index (χ4v) is 7.09. The number of rotatable bonds is 6. The Morgan fingerprint density at radius 2 is 1.74 bits per heavy atom. The van der Waals surface area contributed by atoms with Crippen LogP contribution in [0.4, 0.5) is 0 Å². The van der Waals surface area contributed by atoms with Crippen LogP contribution in [0.2, 0.25) is 0 Å². The van der Waals surface area contributed by atoms with Gasteiger partial charge in [-0.05, 0) is 55.3 Å². The molecule has 3 heterocycles. The number of nitriles is 1. The lowest BCUT2D eigenvalue weighted by Crippen LogP contribution is -2.27. The van der Waals surface area contributed by atoms with Crippen molar-refractivity contribution in [3.05, 3.63) is 95.6 Å². The monoisotopic (exact) mass is 537 g/mol. The second-order valence-corrected chi connectivity index (χ2v) is 12.0. The van der Waals surface area contributed by atoms with Gasteiger partial charge in [0.2, 0.25) is 10.0 Å².